The summed E-state index contributed by atoms with van der Waals surface area (Å²) in [7, 11) is -3.43. The highest BCUT2D eigenvalue weighted by molar-refractivity contribution is 7.92. The summed E-state index contributed by atoms with van der Waals surface area (Å²) in [6.07, 6.45) is 1.60. The molecule has 11 heteroatoms. The first-order valence-electron chi connectivity index (χ1n) is 7.13. The number of amides is 1. The van der Waals surface area contributed by atoms with Gasteiger partial charge in [-0.25, -0.2) is 8.42 Å². The van der Waals surface area contributed by atoms with E-state index in [1.54, 1.807) is 18.3 Å². The summed E-state index contributed by atoms with van der Waals surface area (Å²) in [6.45, 7) is 2.39. The fourth-order valence-electron chi connectivity index (χ4n) is 2.42. The summed E-state index contributed by atoms with van der Waals surface area (Å²) in [4.78, 5) is 13.7. The lowest BCUT2D eigenvalue weighted by Gasteiger charge is -2.27. The molecule has 2 aromatic rings. The first kappa shape index (κ1) is 17.3. The van der Waals surface area contributed by atoms with Crippen LogP contribution in [-0.4, -0.2) is 37.4 Å². The molecule has 3 rings (SSSR count). The van der Waals surface area contributed by atoms with Gasteiger partial charge in [0.2, 0.25) is 26.2 Å². The lowest BCUT2D eigenvalue weighted by Crippen LogP contribution is -2.30. The molecule has 1 amide bonds. The minimum absolute atomic E-state index is 0.106. The molecule has 0 radical (unpaired) electrons. The van der Waals surface area contributed by atoms with Crippen LogP contribution in [-0.2, 0) is 26.0 Å². The number of thiophene rings is 1. The zero-order valence-corrected chi connectivity index (χ0v) is 15.4. The molecule has 2 atom stereocenters. The van der Waals surface area contributed by atoms with Gasteiger partial charge in [0, 0.05) is 11.3 Å². The molecule has 0 saturated carbocycles. The van der Waals surface area contributed by atoms with Gasteiger partial charge in [0.1, 0.15) is 0 Å². The minimum Gasteiger partial charge on any atom is -0.372 e. The molecule has 130 valence electrons. The highest BCUT2D eigenvalue weighted by Crippen LogP contribution is 2.36. The molecule has 2 N–H and O–H groups in total. The van der Waals surface area contributed by atoms with Crippen molar-refractivity contribution in [3.05, 3.63) is 21.9 Å². The van der Waals surface area contributed by atoms with Crippen LogP contribution in [0.4, 0.5) is 10.3 Å². The van der Waals surface area contributed by atoms with E-state index < -0.39 is 15.9 Å². The van der Waals surface area contributed by atoms with Gasteiger partial charge in [-0.3, -0.25) is 9.52 Å². The van der Waals surface area contributed by atoms with Crippen LogP contribution in [0.1, 0.15) is 23.5 Å². The average Bonchev–Trinajstić information content (AvgIpc) is 3.13. The van der Waals surface area contributed by atoms with Gasteiger partial charge in [-0.05, 0) is 17.0 Å². The van der Waals surface area contributed by atoms with Crippen molar-refractivity contribution in [2.75, 3.05) is 22.9 Å². The first-order chi connectivity index (χ1) is 11.3. The van der Waals surface area contributed by atoms with Crippen molar-refractivity contribution in [2.45, 2.75) is 19.4 Å². The molecule has 0 aliphatic carbocycles. The van der Waals surface area contributed by atoms with Gasteiger partial charge in [0.25, 0.3) is 0 Å². The summed E-state index contributed by atoms with van der Waals surface area (Å²) >= 11 is 2.63. The zero-order valence-electron chi connectivity index (χ0n) is 13.0. The predicted molar refractivity (Wildman–Crippen MR) is 92.9 cm³/mol. The number of carbonyl (C=O) groups is 1. The second-order valence-electron chi connectivity index (χ2n) is 5.41. The van der Waals surface area contributed by atoms with Crippen LogP contribution in [0.2, 0.25) is 0 Å². The van der Waals surface area contributed by atoms with Crippen molar-refractivity contribution in [3.8, 4) is 0 Å². The monoisotopic (exact) mass is 388 g/mol. The van der Waals surface area contributed by atoms with Gasteiger partial charge in [-0.2, -0.15) is 0 Å². The largest absolute Gasteiger partial charge is 0.372 e. The van der Waals surface area contributed by atoms with Gasteiger partial charge in [-0.1, -0.05) is 18.3 Å². The lowest BCUT2D eigenvalue weighted by atomic mass is 9.94. The SMILES string of the molecule is CC(C(=O)Nc1nnc(NS(C)(=O)=O)s1)C1OCCc2sccc21. The third kappa shape index (κ3) is 3.91. The van der Waals surface area contributed by atoms with Crippen LogP contribution in [0.5, 0.6) is 0 Å². The lowest BCUT2D eigenvalue weighted by molar-refractivity contribution is -0.125. The fraction of sp³-hybridized carbons (Fsp3) is 0.462. The number of anilines is 2. The van der Waals surface area contributed by atoms with Gasteiger partial charge in [0.15, 0.2) is 0 Å². The predicted octanol–water partition coefficient (Wildman–Crippen LogP) is 1.86. The Hall–Kier alpha value is -1.56. The molecule has 1 aliphatic rings. The number of fused-ring (bicyclic) bond motifs is 1. The van der Waals surface area contributed by atoms with Crippen molar-refractivity contribution in [1.82, 2.24) is 10.2 Å². The van der Waals surface area contributed by atoms with Gasteiger partial charge >= 0.3 is 0 Å². The summed E-state index contributed by atoms with van der Waals surface area (Å²) in [5.41, 5.74) is 1.06. The summed E-state index contributed by atoms with van der Waals surface area (Å²) in [5.74, 6) is -0.657. The van der Waals surface area contributed by atoms with Crippen molar-refractivity contribution < 1.29 is 17.9 Å². The molecule has 8 nitrogen and oxygen atoms in total. The van der Waals surface area contributed by atoms with Crippen LogP contribution in [0.3, 0.4) is 0 Å². The zero-order chi connectivity index (χ0) is 17.3. The summed E-state index contributed by atoms with van der Waals surface area (Å²) in [5, 5.41) is 12.5. The van der Waals surface area contributed by atoms with E-state index >= 15 is 0 Å². The number of nitrogens with one attached hydrogen (secondary N) is 2. The molecule has 3 heterocycles. The van der Waals surface area contributed by atoms with E-state index in [9.17, 15) is 13.2 Å². The molecule has 0 spiro atoms. The summed E-state index contributed by atoms with van der Waals surface area (Å²) < 4.78 is 30.3. The van der Waals surface area contributed by atoms with E-state index in [2.05, 4.69) is 20.2 Å². The second kappa shape index (κ2) is 6.75. The molecular formula is C13H16N4O4S3. The highest BCUT2D eigenvalue weighted by atomic mass is 32.2. The normalized spacial score (nSPS) is 18.7. The van der Waals surface area contributed by atoms with Crippen molar-refractivity contribution in [2.24, 2.45) is 5.92 Å². The van der Waals surface area contributed by atoms with E-state index in [-0.39, 0.29) is 22.3 Å². The molecule has 0 aromatic carbocycles. The Morgan fingerprint density at radius 1 is 1.42 bits per heavy atom. The quantitative estimate of drug-likeness (QED) is 0.809. The van der Waals surface area contributed by atoms with E-state index in [0.717, 1.165) is 29.6 Å². The molecule has 24 heavy (non-hydrogen) atoms. The number of nitrogens with zero attached hydrogens (tertiary/aromatic N) is 2. The van der Waals surface area contributed by atoms with Crippen molar-refractivity contribution in [1.29, 1.82) is 0 Å². The first-order valence-corrected chi connectivity index (χ1v) is 10.7. The third-order valence-electron chi connectivity index (χ3n) is 3.51. The number of hydrogen-bond donors (Lipinski definition) is 2. The standard InChI is InChI=1S/C13H16N4O4S3/c1-7(10-8-4-6-22-9(8)3-5-21-10)11(18)14-12-15-16-13(23-12)17-24(2,19)20/h4,6-7,10H,3,5H2,1-2H3,(H,16,17)(H,14,15,18). The Bertz CT molecular complexity index is 845. The van der Waals surface area contributed by atoms with Crippen LogP contribution < -0.4 is 10.0 Å². The molecule has 0 bridgehead atoms. The third-order valence-corrected chi connectivity index (χ3v) is 5.95. The van der Waals surface area contributed by atoms with E-state index in [1.165, 1.54) is 4.88 Å². The maximum atomic E-state index is 12.5. The Morgan fingerprint density at radius 3 is 2.92 bits per heavy atom. The van der Waals surface area contributed by atoms with Gasteiger partial charge < -0.3 is 10.1 Å². The molecule has 0 fully saturated rings. The van der Waals surface area contributed by atoms with Crippen LogP contribution >= 0.6 is 22.7 Å². The van der Waals surface area contributed by atoms with Crippen LogP contribution in [0.15, 0.2) is 11.4 Å². The smallest absolute Gasteiger partial charge is 0.232 e. The Morgan fingerprint density at radius 2 is 2.17 bits per heavy atom. The number of carbonyl (C=O) groups excluding carboxylic acids is 1. The van der Waals surface area contributed by atoms with E-state index in [0.29, 0.717) is 6.61 Å². The van der Waals surface area contributed by atoms with Gasteiger partial charge in [0.05, 0.1) is 24.9 Å². The number of rotatable bonds is 5. The Balaban J connectivity index is 1.67. The second-order valence-corrected chi connectivity index (χ2v) is 9.13. The maximum absolute atomic E-state index is 12.5. The van der Waals surface area contributed by atoms with Crippen LogP contribution in [0, 0.1) is 5.92 Å². The highest BCUT2D eigenvalue weighted by Gasteiger charge is 2.31. The molecule has 1 aliphatic heterocycles. The topological polar surface area (TPSA) is 110 Å². The average molecular weight is 388 g/mol. The fourth-order valence-corrected chi connectivity index (χ4v) is 4.80. The van der Waals surface area contributed by atoms with Crippen molar-refractivity contribution in [3.63, 3.8) is 0 Å². The Kier molecular flexibility index (Phi) is 4.85. The van der Waals surface area contributed by atoms with E-state index in [4.69, 9.17) is 4.74 Å². The number of hydrogen-bond acceptors (Lipinski definition) is 8. The van der Waals surface area contributed by atoms with Crippen LogP contribution in [0.25, 0.3) is 0 Å². The molecular weight excluding hydrogens is 372 g/mol. The number of sulfonamides is 1. The number of aromatic nitrogens is 2. The minimum atomic E-state index is -3.43. The van der Waals surface area contributed by atoms with Crippen molar-refractivity contribution >= 4 is 48.9 Å². The molecule has 2 unspecified atom stereocenters. The Labute approximate surface area is 147 Å². The van der Waals surface area contributed by atoms with Gasteiger partial charge in [-0.15, -0.1) is 21.5 Å². The molecule has 2 aromatic heterocycles. The number of ether oxygens (including phenoxy) is 1. The maximum Gasteiger partial charge on any atom is 0.232 e. The molecule has 0 saturated heterocycles. The van der Waals surface area contributed by atoms with E-state index in [1.807, 2.05) is 11.4 Å². The summed E-state index contributed by atoms with van der Waals surface area (Å²) in [6, 6.07) is 1.99.